The lowest BCUT2D eigenvalue weighted by molar-refractivity contribution is 0.107. The number of nitrogens with one attached hydrogen (secondary N) is 1. The van der Waals surface area contributed by atoms with Gasteiger partial charge in [-0.15, -0.1) is 0 Å². The van der Waals surface area contributed by atoms with Crippen molar-refractivity contribution in [3.8, 4) is 0 Å². The van der Waals surface area contributed by atoms with E-state index in [0.29, 0.717) is 5.56 Å². The molecule has 0 saturated carbocycles. The Morgan fingerprint density at radius 3 is 2.54 bits per heavy atom. The zero-order valence-electron chi connectivity index (χ0n) is 13.6. The molecule has 0 spiro atoms. The Kier molecular flexibility index (Phi) is 6.25. The van der Waals surface area contributed by atoms with Crippen LogP contribution in [0, 0.1) is 12.7 Å². The van der Waals surface area contributed by atoms with E-state index < -0.39 is 21.9 Å². The molecular formula is C18H20FNO3S. The molecule has 1 atom stereocenters. The zero-order valence-corrected chi connectivity index (χ0v) is 14.4. The molecule has 0 heterocycles. The summed E-state index contributed by atoms with van der Waals surface area (Å²) in [6, 6.07) is 13.4. The lowest BCUT2D eigenvalue weighted by Crippen LogP contribution is -2.27. The minimum atomic E-state index is -3.62. The summed E-state index contributed by atoms with van der Waals surface area (Å²) < 4.78 is 45.1. The van der Waals surface area contributed by atoms with E-state index in [1.54, 1.807) is 12.1 Å². The van der Waals surface area contributed by atoms with Crippen molar-refractivity contribution in [2.24, 2.45) is 0 Å². The molecule has 0 saturated heterocycles. The van der Waals surface area contributed by atoms with E-state index in [-0.39, 0.29) is 6.54 Å². The van der Waals surface area contributed by atoms with Gasteiger partial charge in [0.05, 0.1) is 6.10 Å². The highest BCUT2D eigenvalue weighted by Gasteiger charge is 2.14. The Morgan fingerprint density at radius 1 is 1.21 bits per heavy atom. The van der Waals surface area contributed by atoms with Crippen molar-refractivity contribution in [1.29, 1.82) is 0 Å². The van der Waals surface area contributed by atoms with Crippen LogP contribution in [0.15, 0.2) is 53.9 Å². The summed E-state index contributed by atoms with van der Waals surface area (Å²) in [5.41, 5.74) is 2.47. The van der Waals surface area contributed by atoms with E-state index in [2.05, 4.69) is 4.72 Å². The summed E-state index contributed by atoms with van der Waals surface area (Å²) in [4.78, 5) is 0. The second-order valence-corrected chi connectivity index (χ2v) is 7.04. The first-order valence-corrected chi connectivity index (χ1v) is 8.97. The average Bonchev–Trinajstić information content (AvgIpc) is 2.55. The third-order valence-corrected chi connectivity index (χ3v) is 4.56. The second kappa shape index (κ2) is 8.19. The van der Waals surface area contributed by atoms with Gasteiger partial charge < -0.3 is 4.74 Å². The molecule has 4 nitrogen and oxygen atoms in total. The van der Waals surface area contributed by atoms with Gasteiger partial charge in [0.1, 0.15) is 5.82 Å². The molecule has 0 aliphatic heterocycles. The molecule has 0 radical (unpaired) electrons. The predicted molar refractivity (Wildman–Crippen MR) is 93.3 cm³/mol. The summed E-state index contributed by atoms with van der Waals surface area (Å²) >= 11 is 0. The minimum absolute atomic E-state index is 0.0144. The van der Waals surface area contributed by atoms with E-state index in [1.165, 1.54) is 25.3 Å². The van der Waals surface area contributed by atoms with Crippen LogP contribution in [0.2, 0.25) is 0 Å². The number of sulfonamides is 1. The van der Waals surface area contributed by atoms with Crippen LogP contribution in [0.5, 0.6) is 0 Å². The molecule has 1 unspecified atom stereocenters. The monoisotopic (exact) mass is 349 g/mol. The van der Waals surface area contributed by atoms with Gasteiger partial charge in [-0.25, -0.2) is 17.5 Å². The average molecular weight is 349 g/mol. The Hall–Kier alpha value is -2.02. The molecule has 6 heteroatoms. The molecule has 0 aliphatic rings. The topological polar surface area (TPSA) is 55.4 Å². The Morgan fingerprint density at radius 2 is 1.92 bits per heavy atom. The van der Waals surface area contributed by atoms with Crippen molar-refractivity contribution in [1.82, 2.24) is 4.72 Å². The van der Waals surface area contributed by atoms with Crippen molar-refractivity contribution in [2.75, 3.05) is 13.7 Å². The number of methoxy groups -OCH3 is 1. The number of aryl methyl sites for hydroxylation is 1. The number of ether oxygens (including phenoxy) is 1. The summed E-state index contributed by atoms with van der Waals surface area (Å²) in [6.45, 7) is 1.98. The van der Waals surface area contributed by atoms with Gasteiger partial charge in [-0.3, -0.25) is 0 Å². The SMILES string of the molecule is COC(CNS(=O)(=O)/C=C/c1ccc(C)cc1)c1cccc(F)c1. The zero-order chi connectivity index (χ0) is 17.6. The molecule has 0 bridgehead atoms. The standard InChI is InChI=1S/C18H20FNO3S/c1-14-6-8-15(9-7-14)10-11-24(21,22)20-13-18(23-2)16-4-3-5-17(19)12-16/h3-12,18,20H,13H2,1-2H3/b11-10+. The fourth-order valence-corrected chi connectivity index (χ4v) is 2.95. The summed E-state index contributed by atoms with van der Waals surface area (Å²) in [7, 11) is -2.17. The smallest absolute Gasteiger partial charge is 0.233 e. The lowest BCUT2D eigenvalue weighted by atomic mass is 10.1. The number of hydrogen-bond donors (Lipinski definition) is 1. The summed E-state index contributed by atoms with van der Waals surface area (Å²) in [5.74, 6) is -0.392. The fourth-order valence-electron chi connectivity index (χ4n) is 2.13. The molecule has 2 rings (SSSR count). The first kappa shape index (κ1) is 18.3. The van der Waals surface area contributed by atoms with Gasteiger partial charge in [0.15, 0.2) is 0 Å². The van der Waals surface area contributed by atoms with Gasteiger partial charge in [0, 0.05) is 19.1 Å². The van der Waals surface area contributed by atoms with Crippen LogP contribution in [0.25, 0.3) is 6.08 Å². The van der Waals surface area contributed by atoms with E-state index in [9.17, 15) is 12.8 Å². The molecule has 2 aromatic rings. The fraction of sp³-hybridized carbons (Fsp3) is 0.222. The van der Waals surface area contributed by atoms with Crippen molar-refractivity contribution >= 4 is 16.1 Å². The van der Waals surface area contributed by atoms with Crippen molar-refractivity contribution in [2.45, 2.75) is 13.0 Å². The highest BCUT2D eigenvalue weighted by molar-refractivity contribution is 7.92. The molecule has 2 aromatic carbocycles. The van der Waals surface area contributed by atoms with Crippen LogP contribution in [0.1, 0.15) is 22.8 Å². The molecular weight excluding hydrogens is 329 g/mol. The van der Waals surface area contributed by atoms with E-state index in [1.807, 2.05) is 31.2 Å². The summed E-state index contributed by atoms with van der Waals surface area (Å²) in [6.07, 6.45) is 0.953. The highest BCUT2D eigenvalue weighted by atomic mass is 32.2. The highest BCUT2D eigenvalue weighted by Crippen LogP contribution is 2.17. The predicted octanol–water partition coefficient (Wildman–Crippen LogP) is 3.41. The maximum atomic E-state index is 13.3. The Balaban J connectivity index is 2.01. The summed E-state index contributed by atoms with van der Waals surface area (Å²) in [5, 5.41) is 1.11. The third-order valence-electron chi connectivity index (χ3n) is 3.49. The molecule has 128 valence electrons. The van der Waals surface area contributed by atoms with Crippen LogP contribution >= 0.6 is 0 Å². The molecule has 0 fully saturated rings. The normalized spacial score (nSPS) is 13.3. The molecule has 1 N–H and O–H groups in total. The number of rotatable bonds is 7. The Labute approximate surface area is 142 Å². The van der Waals surface area contributed by atoms with Gasteiger partial charge in [-0.2, -0.15) is 0 Å². The van der Waals surface area contributed by atoms with Gasteiger partial charge in [-0.05, 0) is 36.3 Å². The maximum absolute atomic E-state index is 13.3. The molecule has 0 aromatic heterocycles. The quantitative estimate of drug-likeness (QED) is 0.833. The third kappa shape index (κ3) is 5.56. The van der Waals surface area contributed by atoms with Crippen molar-refractivity contribution in [3.63, 3.8) is 0 Å². The lowest BCUT2D eigenvalue weighted by Gasteiger charge is -2.16. The van der Waals surface area contributed by atoms with Crippen LogP contribution in [0.4, 0.5) is 4.39 Å². The number of benzene rings is 2. The van der Waals surface area contributed by atoms with E-state index in [0.717, 1.165) is 16.5 Å². The molecule has 0 aliphatic carbocycles. The van der Waals surface area contributed by atoms with E-state index in [4.69, 9.17) is 4.74 Å². The first-order valence-electron chi connectivity index (χ1n) is 7.42. The van der Waals surface area contributed by atoms with Crippen LogP contribution in [-0.2, 0) is 14.8 Å². The van der Waals surface area contributed by atoms with E-state index >= 15 is 0 Å². The van der Waals surface area contributed by atoms with Crippen molar-refractivity contribution < 1.29 is 17.5 Å². The largest absolute Gasteiger partial charge is 0.375 e. The second-order valence-electron chi connectivity index (χ2n) is 5.39. The van der Waals surface area contributed by atoms with Gasteiger partial charge in [0.25, 0.3) is 0 Å². The first-order chi connectivity index (χ1) is 11.4. The number of halogens is 1. The van der Waals surface area contributed by atoms with Crippen LogP contribution < -0.4 is 4.72 Å². The van der Waals surface area contributed by atoms with Gasteiger partial charge in [0.2, 0.25) is 10.0 Å². The minimum Gasteiger partial charge on any atom is -0.375 e. The molecule has 0 amide bonds. The van der Waals surface area contributed by atoms with Crippen LogP contribution in [0.3, 0.4) is 0 Å². The van der Waals surface area contributed by atoms with Gasteiger partial charge in [-0.1, -0.05) is 42.0 Å². The van der Waals surface area contributed by atoms with Gasteiger partial charge >= 0.3 is 0 Å². The molecule has 24 heavy (non-hydrogen) atoms. The number of hydrogen-bond acceptors (Lipinski definition) is 3. The Bertz CT molecular complexity index is 801. The maximum Gasteiger partial charge on any atom is 0.233 e. The van der Waals surface area contributed by atoms with Crippen molar-refractivity contribution in [3.05, 3.63) is 76.4 Å². The van der Waals surface area contributed by atoms with Crippen LogP contribution in [-0.4, -0.2) is 22.1 Å².